The van der Waals surface area contributed by atoms with E-state index in [2.05, 4.69) is 9.84 Å². The van der Waals surface area contributed by atoms with Crippen molar-refractivity contribution >= 4 is 6.47 Å². The van der Waals surface area contributed by atoms with Gasteiger partial charge in [0.15, 0.2) is 5.69 Å². The van der Waals surface area contributed by atoms with Crippen molar-refractivity contribution in [3.8, 4) is 5.88 Å². The molecular weight excluding hydrogens is 189 g/mol. The summed E-state index contributed by atoms with van der Waals surface area (Å²) >= 11 is 0. The second kappa shape index (κ2) is 3.08. The van der Waals surface area contributed by atoms with Gasteiger partial charge in [-0.05, 0) is 0 Å². The second-order valence-corrected chi connectivity index (χ2v) is 2.20. The first-order chi connectivity index (χ1) is 5.95. The van der Waals surface area contributed by atoms with E-state index in [0.717, 1.165) is 4.68 Å². The Morgan fingerprint density at radius 2 is 2.23 bits per heavy atom. The van der Waals surface area contributed by atoms with Gasteiger partial charge in [-0.3, -0.25) is 4.79 Å². The van der Waals surface area contributed by atoms with Crippen LogP contribution in [0.3, 0.4) is 0 Å². The van der Waals surface area contributed by atoms with Crippen molar-refractivity contribution in [2.24, 2.45) is 7.05 Å². The maximum Gasteiger partial charge on any atom is 0.435 e. The first-order valence-electron chi connectivity index (χ1n) is 3.16. The van der Waals surface area contributed by atoms with Gasteiger partial charge in [-0.2, -0.15) is 18.3 Å². The number of ether oxygens (including phenoxy) is 1. The molecular formula is C6H5F3N2O2. The number of nitrogens with zero attached hydrogens (tertiary/aromatic N) is 2. The van der Waals surface area contributed by atoms with E-state index in [0.29, 0.717) is 6.07 Å². The second-order valence-electron chi connectivity index (χ2n) is 2.20. The number of alkyl halides is 3. The molecule has 0 saturated carbocycles. The summed E-state index contributed by atoms with van der Waals surface area (Å²) < 4.78 is 41.1. The normalized spacial score (nSPS) is 11.4. The molecule has 1 rings (SSSR count). The third kappa shape index (κ3) is 1.98. The molecule has 0 radical (unpaired) electrons. The van der Waals surface area contributed by atoms with Crippen LogP contribution in [0.1, 0.15) is 5.69 Å². The van der Waals surface area contributed by atoms with Gasteiger partial charge in [0.05, 0.1) is 0 Å². The van der Waals surface area contributed by atoms with Gasteiger partial charge in [0.2, 0.25) is 5.88 Å². The van der Waals surface area contributed by atoms with Crippen molar-refractivity contribution in [2.45, 2.75) is 6.18 Å². The minimum Gasteiger partial charge on any atom is -0.410 e. The number of rotatable bonds is 2. The highest BCUT2D eigenvalue weighted by Gasteiger charge is 2.34. The molecule has 0 amide bonds. The van der Waals surface area contributed by atoms with Gasteiger partial charge in [0.1, 0.15) is 0 Å². The first-order valence-corrected chi connectivity index (χ1v) is 3.16. The quantitative estimate of drug-likeness (QED) is 0.659. The molecule has 0 spiro atoms. The monoisotopic (exact) mass is 194 g/mol. The highest BCUT2D eigenvalue weighted by Crippen LogP contribution is 2.30. The highest BCUT2D eigenvalue weighted by atomic mass is 19.4. The van der Waals surface area contributed by atoms with Crippen molar-refractivity contribution < 1.29 is 22.7 Å². The maximum atomic E-state index is 12.0. The van der Waals surface area contributed by atoms with E-state index >= 15 is 0 Å². The molecule has 0 atom stereocenters. The largest absolute Gasteiger partial charge is 0.435 e. The molecule has 0 unspecified atom stereocenters. The Bertz CT molecular complexity index is 318. The lowest BCUT2D eigenvalue weighted by molar-refractivity contribution is -0.141. The SMILES string of the molecule is Cn1nc(C(F)(F)F)cc1OC=O. The average Bonchev–Trinajstić information content (AvgIpc) is 2.32. The fourth-order valence-corrected chi connectivity index (χ4v) is 0.748. The lowest BCUT2D eigenvalue weighted by Gasteiger charge is -1.98. The summed E-state index contributed by atoms with van der Waals surface area (Å²) in [5, 5.41) is 3.11. The van der Waals surface area contributed by atoms with Gasteiger partial charge in [0, 0.05) is 13.1 Å². The molecule has 0 fully saturated rings. The molecule has 4 nitrogen and oxygen atoms in total. The summed E-state index contributed by atoms with van der Waals surface area (Å²) in [5.74, 6) is -0.248. The summed E-state index contributed by atoms with van der Waals surface area (Å²) in [6.45, 7) is 0.0389. The molecule has 72 valence electrons. The highest BCUT2D eigenvalue weighted by molar-refractivity contribution is 5.43. The van der Waals surface area contributed by atoms with Gasteiger partial charge in [-0.15, -0.1) is 0 Å². The van der Waals surface area contributed by atoms with E-state index in [1.165, 1.54) is 7.05 Å². The van der Waals surface area contributed by atoms with Crippen LogP contribution in [-0.2, 0) is 18.0 Å². The van der Waals surface area contributed by atoms with E-state index in [1.807, 2.05) is 0 Å². The molecule has 13 heavy (non-hydrogen) atoms. The van der Waals surface area contributed by atoms with Crippen LogP contribution in [0.5, 0.6) is 5.88 Å². The predicted octanol–water partition coefficient (Wildman–Crippen LogP) is 0.974. The van der Waals surface area contributed by atoms with E-state index in [9.17, 15) is 18.0 Å². The lowest BCUT2D eigenvalue weighted by atomic mass is 10.4. The fraction of sp³-hybridized carbons (Fsp3) is 0.333. The Morgan fingerprint density at radius 3 is 2.62 bits per heavy atom. The van der Waals surface area contributed by atoms with Gasteiger partial charge >= 0.3 is 6.18 Å². The van der Waals surface area contributed by atoms with Gasteiger partial charge in [-0.25, -0.2) is 4.68 Å². The molecule has 0 aliphatic carbocycles. The van der Waals surface area contributed by atoms with E-state index in [-0.39, 0.29) is 12.4 Å². The molecule has 0 N–H and O–H groups in total. The smallest absolute Gasteiger partial charge is 0.410 e. The molecule has 0 bridgehead atoms. The van der Waals surface area contributed by atoms with Crippen LogP contribution in [0, 0.1) is 0 Å². The van der Waals surface area contributed by atoms with Crippen molar-refractivity contribution in [3.05, 3.63) is 11.8 Å². The van der Waals surface area contributed by atoms with E-state index < -0.39 is 11.9 Å². The summed E-state index contributed by atoms with van der Waals surface area (Å²) in [6.07, 6.45) is -4.53. The van der Waals surface area contributed by atoms with Crippen LogP contribution in [0.15, 0.2) is 6.07 Å². The fourth-order valence-electron chi connectivity index (χ4n) is 0.748. The third-order valence-corrected chi connectivity index (χ3v) is 1.30. The summed E-state index contributed by atoms with van der Waals surface area (Å²) in [7, 11) is 1.24. The number of aryl methyl sites for hydroxylation is 1. The number of aromatic nitrogens is 2. The Hall–Kier alpha value is -1.53. The van der Waals surface area contributed by atoms with Crippen molar-refractivity contribution in [1.29, 1.82) is 0 Å². The number of hydrogen-bond acceptors (Lipinski definition) is 3. The van der Waals surface area contributed by atoms with Crippen molar-refractivity contribution in [1.82, 2.24) is 9.78 Å². The van der Waals surface area contributed by atoms with Gasteiger partial charge < -0.3 is 4.74 Å². The Kier molecular flexibility index (Phi) is 2.26. The molecule has 1 aromatic heterocycles. The minimum atomic E-state index is -4.53. The van der Waals surface area contributed by atoms with E-state index in [4.69, 9.17) is 0 Å². The lowest BCUT2D eigenvalue weighted by Crippen LogP contribution is -2.06. The summed E-state index contributed by atoms with van der Waals surface area (Å²) in [4.78, 5) is 9.84. The van der Waals surface area contributed by atoms with Gasteiger partial charge in [0.25, 0.3) is 6.47 Å². The zero-order valence-electron chi connectivity index (χ0n) is 6.50. The van der Waals surface area contributed by atoms with Crippen LogP contribution in [0.4, 0.5) is 13.2 Å². The standard InChI is InChI=1S/C6H5F3N2O2/c1-11-5(13-3-12)2-4(10-11)6(7,8)9/h2-3H,1H3. The maximum absolute atomic E-state index is 12.0. The van der Waals surface area contributed by atoms with Gasteiger partial charge in [-0.1, -0.05) is 0 Å². The van der Waals surface area contributed by atoms with Crippen LogP contribution in [0.2, 0.25) is 0 Å². The van der Waals surface area contributed by atoms with Crippen LogP contribution in [-0.4, -0.2) is 16.3 Å². The number of halogens is 3. The molecule has 0 aliphatic rings. The molecule has 0 aromatic carbocycles. The van der Waals surface area contributed by atoms with Crippen LogP contribution >= 0.6 is 0 Å². The minimum absolute atomic E-state index is 0.0389. The third-order valence-electron chi connectivity index (χ3n) is 1.30. The van der Waals surface area contributed by atoms with Crippen molar-refractivity contribution in [3.63, 3.8) is 0 Å². The number of carbonyl (C=O) groups is 1. The molecule has 7 heteroatoms. The topological polar surface area (TPSA) is 44.1 Å². The number of hydrogen-bond donors (Lipinski definition) is 0. The Labute approximate surface area is 70.9 Å². The van der Waals surface area contributed by atoms with Crippen molar-refractivity contribution in [2.75, 3.05) is 0 Å². The average molecular weight is 194 g/mol. The number of carbonyl (C=O) groups excluding carboxylic acids is 1. The van der Waals surface area contributed by atoms with Crippen LogP contribution < -0.4 is 4.74 Å². The molecule has 0 saturated heterocycles. The molecule has 1 heterocycles. The van der Waals surface area contributed by atoms with Crippen LogP contribution in [0.25, 0.3) is 0 Å². The zero-order valence-corrected chi connectivity index (χ0v) is 6.50. The Morgan fingerprint density at radius 1 is 1.62 bits per heavy atom. The zero-order chi connectivity index (χ0) is 10.1. The Balaban J connectivity index is 3.01. The van der Waals surface area contributed by atoms with E-state index in [1.54, 1.807) is 0 Å². The molecule has 1 aromatic rings. The summed E-state index contributed by atoms with van der Waals surface area (Å²) in [5.41, 5.74) is -1.09. The first kappa shape index (κ1) is 9.56. The molecule has 0 aliphatic heterocycles. The summed E-state index contributed by atoms with van der Waals surface area (Å²) in [6, 6.07) is 0.647. The predicted molar refractivity (Wildman–Crippen MR) is 34.9 cm³/mol.